The van der Waals surface area contributed by atoms with E-state index < -0.39 is 0 Å². The minimum atomic E-state index is -0.278. The van der Waals surface area contributed by atoms with E-state index in [1.54, 1.807) is 0 Å². The molecule has 0 N–H and O–H groups in total. The number of nitrogens with zero attached hydrogens (tertiary/aromatic N) is 2. The molecule has 4 nitrogen and oxygen atoms in total. The van der Waals surface area contributed by atoms with Crippen molar-refractivity contribution in [2.75, 3.05) is 9.80 Å². The first-order valence-electron chi connectivity index (χ1n) is 9.21. The van der Waals surface area contributed by atoms with Crippen LogP contribution in [0.3, 0.4) is 0 Å². The fraction of sp³-hybridized carbons (Fsp3) is 0.182. The Labute approximate surface area is 194 Å². The maximum Gasteiger partial charge on any atom is 0.272 e. The highest BCUT2D eigenvalue weighted by Crippen LogP contribution is 2.45. The second-order valence-corrected chi connectivity index (χ2v) is 10.4. The van der Waals surface area contributed by atoms with Crippen LogP contribution in [0.4, 0.5) is 11.4 Å². The molecule has 2 aliphatic heterocycles. The summed E-state index contributed by atoms with van der Waals surface area (Å²) in [6.45, 7) is 7.91. The van der Waals surface area contributed by atoms with Gasteiger partial charge in [-0.3, -0.25) is 19.4 Å². The highest BCUT2D eigenvalue weighted by Gasteiger charge is 2.43. The number of amides is 2. The largest absolute Gasteiger partial charge is 0.272 e. The molecule has 8 heteroatoms. The zero-order valence-electron chi connectivity index (χ0n) is 16.8. The van der Waals surface area contributed by atoms with Crippen LogP contribution in [0.5, 0.6) is 0 Å². The van der Waals surface area contributed by atoms with Gasteiger partial charge in [-0.05, 0) is 62.1 Å². The van der Waals surface area contributed by atoms with Gasteiger partial charge in [0.25, 0.3) is 11.8 Å². The lowest BCUT2D eigenvalue weighted by Crippen LogP contribution is -2.30. The summed E-state index contributed by atoms with van der Waals surface area (Å²) in [5, 5.41) is 0. The molecule has 0 aromatic heterocycles. The molecule has 2 saturated heterocycles. The van der Waals surface area contributed by atoms with Crippen LogP contribution in [0.25, 0.3) is 0 Å². The van der Waals surface area contributed by atoms with Gasteiger partial charge in [-0.15, -0.1) is 0 Å². The van der Waals surface area contributed by atoms with Gasteiger partial charge in [0, 0.05) is 0 Å². The van der Waals surface area contributed by atoms with E-state index in [0.717, 1.165) is 57.2 Å². The van der Waals surface area contributed by atoms with Gasteiger partial charge in [0.1, 0.15) is 0 Å². The van der Waals surface area contributed by atoms with Crippen LogP contribution >= 0.6 is 48.0 Å². The third-order valence-electron chi connectivity index (χ3n) is 5.38. The molecule has 0 aliphatic carbocycles. The van der Waals surface area contributed by atoms with Crippen molar-refractivity contribution in [3.63, 3.8) is 0 Å². The Morgan fingerprint density at radius 3 is 1.40 bits per heavy atom. The summed E-state index contributed by atoms with van der Waals surface area (Å²) in [6.07, 6.45) is 0. The average Bonchev–Trinajstić information content (AvgIpc) is 3.15. The third-order valence-corrected chi connectivity index (χ3v) is 8.25. The van der Waals surface area contributed by atoms with Gasteiger partial charge in [-0.2, -0.15) is 0 Å². The summed E-state index contributed by atoms with van der Waals surface area (Å²) < 4.78 is 0.835. The number of rotatable bonds is 2. The minimum absolute atomic E-state index is 0.278. The molecule has 152 valence electrons. The number of carbonyl (C=O) groups excluding carboxylic acids is 2. The predicted molar refractivity (Wildman–Crippen MR) is 134 cm³/mol. The van der Waals surface area contributed by atoms with E-state index in [1.165, 1.54) is 9.80 Å². The highest BCUT2D eigenvalue weighted by atomic mass is 32.2. The maximum absolute atomic E-state index is 13.3. The third kappa shape index (κ3) is 3.32. The number of thioether (sulfide) groups is 2. The van der Waals surface area contributed by atoms with Gasteiger partial charge in [-0.25, -0.2) is 0 Å². The van der Waals surface area contributed by atoms with Crippen LogP contribution in [0.1, 0.15) is 22.3 Å². The smallest absolute Gasteiger partial charge is 0.268 e. The molecule has 0 saturated carbocycles. The number of hydrogen-bond acceptors (Lipinski definition) is 6. The number of anilines is 2. The SMILES string of the molecule is Cc1cccc(N2C(=O)C(=C3SC(=S)N(c4cccc(C)c4C)C3=O)SC2=S)c1C. The van der Waals surface area contributed by atoms with Crippen molar-refractivity contribution in [3.8, 4) is 0 Å². The lowest BCUT2D eigenvalue weighted by Gasteiger charge is -2.19. The van der Waals surface area contributed by atoms with E-state index >= 15 is 0 Å². The molecule has 4 rings (SSSR count). The summed E-state index contributed by atoms with van der Waals surface area (Å²) in [4.78, 5) is 30.3. The van der Waals surface area contributed by atoms with Gasteiger partial charge >= 0.3 is 0 Å². The molecular weight excluding hydrogens is 453 g/mol. The van der Waals surface area contributed by atoms with Gasteiger partial charge in [0.15, 0.2) is 8.64 Å². The quantitative estimate of drug-likeness (QED) is 0.423. The summed E-state index contributed by atoms with van der Waals surface area (Å²) in [7, 11) is 0. The summed E-state index contributed by atoms with van der Waals surface area (Å²) in [5.41, 5.74) is 5.61. The Balaban J connectivity index is 1.76. The molecular formula is C22H18N2O2S4. The first kappa shape index (κ1) is 21.2. The second-order valence-electron chi connectivity index (χ2n) is 7.11. The van der Waals surface area contributed by atoms with Crippen LogP contribution in [0, 0.1) is 27.7 Å². The van der Waals surface area contributed by atoms with Crippen LogP contribution < -0.4 is 9.80 Å². The Morgan fingerprint density at radius 2 is 1.03 bits per heavy atom. The first-order valence-corrected chi connectivity index (χ1v) is 11.7. The van der Waals surface area contributed by atoms with E-state index in [1.807, 2.05) is 64.1 Å². The van der Waals surface area contributed by atoms with E-state index in [4.69, 9.17) is 24.4 Å². The van der Waals surface area contributed by atoms with Crippen molar-refractivity contribution in [2.24, 2.45) is 0 Å². The molecule has 2 aromatic carbocycles. The van der Waals surface area contributed by atoms with E-state index in [2.05, 4.69) is 0 Å². The number of benzene rings is 2. The van der Waals surface area contributed by atoms with Crippen LogP contribution in [0.15, 0.2) is 46.2 Å². The molecule has 2 aromatic rings. The van der Waals surface area contributed by atoms with Gasteiger partial charge < -0.3 is 0 Å². The fourth-order valence-electron chi connectivity index (χ4n) is 3.38. The molecule has 2 heterocycles. The van der Waals surface area contributed by atoms with Crippen LogP contribution in [0.2, 0.25) is 0 Å². The van der Waals surface area contributed by atoms with Gasteiger partial charge in [0.05, 0.1) is 21.2 Å². The first-order chi connectivity index (χ1) is 14.2. The Kier molecular flexibility index (Phi) is 5.61. The zero-order valence-corrected chi connectivity index (χ0v) is 20.1. The summed E-state index contributed by atoms with van der Waals surface area (Å²) >= 11 is 13.3. The molecule has 0 unspecified atom stereocenters. The normalized spacial score (nSPS) is 19.5. The maximum atomic E-state index is 13.3. The minimum Gasteiger partial charge on any atom is -0.268 e. The molecule has 0 radical (unpaired) electrons. The Hall–Kier alpha value is -2.00. The zero-order chi connectivity index (χ0) is 21.7. The Bertz CT molecular complexity index is 1090. The fourth-order valence-corrected chi connectivity index (χ4v) is 6.10. The van der Waals surface area contributed by atoms with Crippen molar-refractivity contribution in [3.05, 3.63) is 68.5 Å². The molecule has 0 atom stereocenters. The molecule has 2 amide bonds. The topological polar surface area (TPSA) is 40.6 Å². The number of carbonyl (C=O) groups is 2. The average molecular weight is 471 g/mol. The van der Waals surface area contributed by atoms with Crippen LogP contribution in [-0.2, 0) is 9.59 Å². The predicted octanol–water partition coefficient (Wildman–Crippen LogP) is 5.56. The second kappa shape index (κ2) is 7.92. The Morgan fingerprint density at radius 1 is 0.667 bits per heavy atom. The van der Waals surface area contributed by atoms with Crippen molar-refractivity contribution >= 4 is 79.8 Å². The van der Waals surface area contributed by atoms with Crippen molar-refractivity contribution in [1.82, 2.24) is 0 Å². The lowest BCUT2D eigenvalue weighted by molar-refractivity contribution is -0.115. The number of hydrogen-bond donors (Lipinski definition) is 0. The summed E-state index contributed by atoms with van der Waals surface area (Å²) in [5.74, 6) is -0.555. The summed E-state index contributed by atoms with van der Waals surface area (Å²) in [6, 6.07) is 11.5. The van der Waals surface area contributed by atoms with E-state index in [9.17, 15) is 9.59 Å². The van der Waals surface area contributed by atoms with Crippen molar-refractivity contribution in [1.29, 1.82) is 0 Å². The molecule has 30 heavy (non-hydrogen) atoms. The van der Waals surface area contributed by atoms with Gasteiger partial charge in [-0.1, -0.05) is 72.2 Å². The lowest BCUT2D eigenvalue weighted by atomic mass is 10.1. The molecule has 2 aliphatic rings. The van der Waals surface area contributed by atoms with Crippen molar-refractivity contribution < 1.29 is 9.59 Å². The number of aryl methyl sites for hydroxylation is 2. The standard InChI is InChI=1S/C22H18N2O2S4/c1-11-7-5-9-15(13(11)3)23-19(25)17(29-21(23)27)18-20(26)24(22(28)30-18)16-10-6-8-12(2)14(16)4/h5-10H,1-4H3. The highest BCUT2D eigenvalue weighted by molar-refractivity contribution is 8.30. The van der Waals surface area contributed by atoms with Crippen molar-refractivity contribution in [2.45, 2.75) is 27.7 Å². The van der Waals surface area contributed by atoms with Gasteiger partial charge in [0.2, 0.25) is 0 Å². The molecule has 2 fully saturated rings. The molecule has 0 bridgehead atoms. The number of thiocarbonyl (C=S) groups is 2. The monoisotopic (exact) mass is 470 g/mol. The molecule has 0 spiro atoms. The van der Waals surface area contributed by atoms with Crippen LogP contribution in [-0.4, -0.2) is 20.5 Å². The van der Waals surface area contributed by atoms with E-state index in [0.29, 0.717) is 18.5 Å². The van der Waals surface area contributed by atoms with E-state index in [-0.39, 0.29) is 11.8 Å².